The molecule has 0 bridgehead atoms. The summed E-state index contributed by atoms with van der Waals surface area (Å²) in [6.07, 6.45) is 0. The molecule has 1 aliphatic heterocycles. The van der Waals surface area contributed by atoms with E-state index in [2.05, 4.69) is 0 Å². The Hall–Kier alpha value is -2.96. The molecule has 7 heteroatoms. The van der Waals surface area contributed by atoms with Gasteiger partial charge in [-0.05, 0) is 18.2 Å². The topological polar surface area (TPSA) is 91.0 Å². The Morgan fingerprint density at radius 2 is 2.00 bits per heavy atom. The molecule has 0 amide bonds. The van der Waals surface area contributed by atoms with Gasteiger partial charge in [0.15, 0.2) is 17.2 Å². The van der Waals surface area contributed by atoms with Crippen LogP contribution in [-0.4, -0.2) is 17.9 Å². The Morgan fingerprint density at radius 3 is 2.76 bits per heavy atom. The number of carboxylic acids is 1. The van der Waals surface area contributed by atoms with Gasteiger partial charge < -0.3 is 25.1 Å². The van der Waals surface area contributed by atoms with Crippen LogP contribution in [0.25, 0.3) is 0 Å². The minimum Gasteiger partial charge on any atom is -0.478 e. The zero-order valence-electron chi connectivity index (χ0n) is 10.6. The van der Waals surface area contributed by atoms with E-state index in [-0.39, 0.29) is 18.2 Å². The number of hydrogen-bond acceptors (Lipinski definition) is 5. The summed E-state index contributed by atoms with van der Waals surface area (Å²) >= 11 is 0. The molecule has 0 saturated heterocycles. The van der Waals surface area contributed by atoms with Crippen molar-refractivity contribution in [1.29, 1.82) is 0 Å². The molecule has 0 saturated carbocycles. The number of nitrogens with two attached hydrogens (primary N) is 1. The molecule has 108 valence electrons. The average Bonchev–Trinajstić information content (AvgIpc) is 2.89. The predicted octanol–water partition coefficient (Wildman–Crippen LogP) is 2.63. The molecular weight excluding hydrogens is 281 g/mol. The maximum Gasteiger partial charge on any atom is 0.338 e. The van der Waals surface area contributed by atoms with Crippen molar-refractivity contribution in [1.82, 2.24) is 0 Å². The van der Waals surface area contributed by atoms with Gasteiger partial charge in [-0.2, -0.15) is 0 Å². The van der Waals surface area contributed by atoms with Gasteiger partial charge in [-0.1, -0.05) is 0 Å². The lowest BCUT2D eigenvalue weighted by atomic mass is 10.1. The van der Waals surface area contributed by atoms with E-state index in [1.807, 2.05) is 0 Å². The van der Waals surface area contributed by atoms with Crippen molar-refractivity contribution >= 4 is 11.7 Å². The van der Waals surface area contributed by atoms with Crippen LogP contribution in [0.5, 0.6) is 23.0 Å². The Bertz CT molecular complexity index is 732. The molecular formula is C14H10FNO5. The van der Waals surface area contributed by atoms with E-state index in [9.17, 15) is 9.18 Å². The highest BCUT2D eigenvalue weighted by Crippen LogP contribution is 2.38. The molecule has 0 atom stereocenters. The summed E-state index contributed by atoms with van der Waals surface area (Å²) in [5.41, 5.74) is 5.19. The number of carbonyl (C=O) groups is 1. The number of aromatic carboxylic acids is 1. The van der Waals surface area contributed by atoms with Crippen molar-refractivity contribution in [3.8, 4) is 23.0 Å². The van der Waals surface area contributed by atoms with Crippen LogP contribution >= 0.6 is 0 Å². The molecule has 2 aromatic carbocycles. The zero-order valence-corrected chi connectivity index (χ0v) is 10.6. The summed E-state index contributed by atoms with van der Waals surface area (Å²) in [6.45, 7) is 0.128. The van der Waals surface area contributed by atoms with Crippen LogP contribution in [-0.2, 0) is 0 Å². The van der Waals surface area contributed by atoms with Crippen LogP contribution in [0.1, 0.15) is 10.4 Å². The smallest absolute Gasteiger partial charge is 0.338 e. The van der Waals surface area contributed by atoms with Crippen LogP contribution in [0.4, 0.5) is 10.1 Å². The van der Waals surface area contributed by atoms with Gasteiger partial charge in [0.25, 0.3) is 0 Å². The summed E-state index contributed by atoms with van der Waals surface area (Å²) in [7, 11) is 0. The van der Waals surface area contributed by atoms with Gasteiger partial charge in [0, 0.05) is 12.1 Å². The number of rotatable bonds is 3. The number of anilines is 1. The fourth-order valence-electron chi connectivity index (χ4n) is 1.89. The molecule has 2 aromatic rings. The summed E-state index contributed by atoms with van der Waals surface area (Å²) in [4.78, 5) is 10.8. The monoisotopic (exact) mass is 291 g/mol. The molecule has 0 radical (unpaired) electrons. The first kappa shape index (κ1) is 13.0. The average molecular weight is 291 g/mol. The third-order valence-electron chi connectivity index (χ3n) is 2.90. The first-order valence-corrected chi connectivity index (χ1v) is 5.94. The Morgan fingerprint density at radius 1 is 1.24 bits per heavy atom. The molecule has 1 aliphatic rings. The van der Waals surface area contributed by atoms with E-state index >= 15 is 0 Å². The summed E-state index contributed by atoms with van der Waals surface area (Å²) in [5, 5.41) is 8.81. The minimum atomic E-state index is -1.39. The van der Waals surface area contributed by atoms with E-state index in [0.29, 0.717) is 17.2 Å². The quantitative estimate of drug-likeness (QED) is 0.845. The summed E-state index contributed by atoms with van der Waals surface area (Å²) in [6, 6.07) is 6.78. The molecule has 0 aromatic heterocycles. The van der Waals surface area contributed by atoms with E-state index < -0.39 is 17.3 Å². The first-order chi connectivity index (χ1) is 10.0. The normalized spacial score (nSPS) is 12.2. The van der Waals surface area contributed by atoms with E-state index in [1.165, 1.54) is 0 Å². The largest absolute Gasteiger partial charge is 0.478 e. The second-order valence-electron chi connectivity index (χ2n) is 4.29. The molecule has 0 spiro atoms. The molecule has 6 nitrogen and oxygen atoms in total. The highest BCUT2D eigenvalue weighted by molar-refractivity contribution is 5.89. The van der Waals surface area contributed by atoms with Crippen LogP contribution in [0.3, 0.4) is 0 Å². The van der Waals surface area contributed by atoms with Crippen LogP contribution in [0, 0.1) is 5.82 Å². The maximum absolute atomic E-state index is 13.6. The number of benzene rings is 2. The first-order valence-electron chi connectivity index (χ1n) is 5.94. The van der Waals surface area contributed by atoms with Gasteiger partial charge in [-0.25, -0.2) is 9.18 Å². The standard InChI is InChI=1S/C14H10FNO5/c15-9-5-12(10(16)4-8(9)14(17)18)21-7-1-2-11-13(3-7)20-6-19-11/h1-5H,6,16H2,(H,17,18). The second-order valence-corrected chi connectivity index (χ2v) is 4.29. The SMILES string of the molecule is Nc1cc(C(=O)O)c(F)cc1Oc1ccc2c(c1)OCO2. The Labute approximate surface area is 118 Å². The molecule has 1 heterocycles. The van der Waals surface area contributed by atoms with Gasteiger partial charge in [-0.3, -0.25) is 0 Å². The third-order valence-corrected chi connectivity index (χ3v) is 2.90. The van der Waals surface area contributed by atoms with E-state index in [1.54, 1.807) is 18.2 Å². The fourth-order valence-corrected chi connectivity index (χ4v) is 1.89. The summed E-state index contributed by atoms with van der Waals surface area (Å²) in [5.74, 6) is -0.831. The molecule has 0 fully saturated rings. The van der Waals surface area contributed by atoms with Crippen molar-refractivity contribution in [3.63, 3.8) is 0 Å². The lowest BCUT2D eigenvalue weighted by Gasteiger charge is -2.10. The Kier molecular flexibility index (Phi) is 3.02. The van der Waals surface area contributed by atoms with Gasteiger partial charge in [0.2, 0.25) is 6.79 Å². The number of carboxylic acid groups (broad SMARTS) is 1. The van der Waals surface area contributed by atoms with Crippen molar-refractivity contribution in [2.75, 3.05) is 12.5 Å². The number of hydrogen-bond donors (Lipinski definition) is 2. The van der Waals surface area contributed by atoms with Crippen LogP contribution in [0.15, 0.2) is 30.3 Å². The number of fused-ring (bicyclic) bond motifs is 1. The maximum atomic E-state index is 13.6. The number of nitrogen functional groups attached to an aromatic ring is 1. The van der Waals surface area contributed by atoms with E-state index in [4.69, 9.17) is 25.1 Å². The van der Waals surface area contributed by atoms with Crippen LogP contribution < -0.4 is 19.9 Å². The van der Waals surface area contributed by atoms with Crippen molar-refractivity contribution in [2.24, 2.45) is 0 Å². The van der Waals surface area contributed by atoms with Crippen molar-refractivity contribution in [2.45, 2.75) is 0 Å². The lowest BCUT2D eigenvalue weighted by molar-refractivity contribution is 0.0692. The molecule has 21 heavy (non-hydrogen) atoms. The van der Waals surface area contributed by atoms with Crippen molar-refractivity contribution < 1.29 is 28.5 Å². The van der Waals surface area contributed by atoms with Gasteiger partial charge in [0.1, 0.15) is 11.6 Å². The minimum absolute atomic E-state index is 0.0199. The highest BCUT2D eigenvalue weighted by atomic mass is 19.1. The van der Waals surface area contributed by atoms with Gasteiger partial charge >= 0.3 is 5.97 Å². The zero-order chi connectivity index (χ0) is 15.0. The molecule has 0 unspecified atom stereocenters. The van der Waals surface area contributed by atoms with E-state index in [0.717, 1.165) is 12.1 Å². The lowest BCUT2D eigenvalue weighted by Crippen LogP contribution is -2.03. The predicted molar refractivity (Wildman–Crippen MR) is 70.4 cm³/mol. The number of ether oxygens (including phenoxy) is 3. The van der Waals surface area contributed by atoms with Crippen LogP contribution in [0.2, 0.25) is 0 Å². The summed E-state index contributed by atoms with van der Waals surface area (Å²) < 4.78 is 29.5. The highest BCUT2D eigenvalue weighted by Gasteiger charge is 2.17. The van der Waals surface area contributed by atoms with Gasteiger partial charge in [0.05, 0.1) is 11.3 Å². The van der Waals surface area contributed by atoms with Crippen molar-refractivity contribution in [3.05, 3.63) is 41.7 Å². The second kappa shape index (κ2) is 4.86. The Balaban J connectivity index is 1.91. The molecule has 3 N–H and O–H groups in total. The number of halogens is 1. The fraction of sp³-hybridized carbons (Fsp3) is 0.0714. The van der Waals surface area contributed by atoms with Gasteiger partial charge in [-0.15, -0.1) is 0 Å². The molecule has 3 rings (SSSR count). The third kappa shape index (κ3) is 2.40. The molecule has 0 aliphatic carbocycles.